The van der Waals surface area contributed by atoms with Crippen LogP contribution < -0.4 is 4.74 Å². The lowest BCUT2D eigenvalue weighted by atomic mass is 10.1. The van der Waals surface area contributed by atoms with Crippen molar-refractivity contribution in [2.75, 3.05) is 39.8 Å². The van der Waals surface area contributed by atoms with Gasteiger partial charge in [0.25, 0.3) is 5.91 Å². The average molecular weight is 450 g/mol. The van der Waals surface area contributed by atoms with E-state index in [2.05, 4.69) is 0 Å². The summed E-state index contributed by atoms with van der Waals surface area (Å²) in [4.78, 5) is 44.4. The molecule has 0 N–H and O–H groups in total. The maximum atomic E-state index is 13.3. The van der Waals surface area contributed by atoms with Crippen molar-refractivity contribution in [2.24, 2.45) is 5.92 Å². The van der Waals surface area contributed by atoms with Crippen molar-refractivity contribution >= 4 is 17.7 Å². The fourth-order valence-electron chi connectivity index (χ4n) is 4.72. The van der Waals surface area contributed by atoms with Gasteiger partial charge in [-0.3, -0.25) is 14.4 Å². The van der Waals surface area contributed by atoms with Gasteiger partial charge in [-0.15, -0.1) is 0 Å². The van der Waals surface area contributed by atoms with Crippen LogP contribution in [0.2, 0.25) is 0 Å². The van der Waals surface area contributed by atoms with Crippen LogP contribution in [0.4, 0.5) is 0 Å². The Kier molecular flexibility index (Phi) is 6.96. The first-order chi connectivity index (χ1) is 16.0. The summed E-state index contributed by atoms with van der Waals surface area (Å²) in [6, 6.07) is 17.0. The van der Waals surface area contributed by atoms with Crippen LogP contribution in [0.3, 0.4) is 0 Å². The normalized spacial score (nSPS) is 19.9. The molecule has 7 nitrogen and oxygen atoms in total. The van der Waals surface area contributed by atoms with Crippen molar-refractivity contribution in [1.29, 1.82) is 0 Å². The predicted molar refractivity (Wildman–Crippen MR) is 125 cm³/mol. The highest BCUT2D eigenvalue weighted by Crippen LogP contribution is 2.29. The molecule has 0 aliphatic carbocycles. The first kappa shape index (κ1) is 22.8. The Labute approximate surface area is 194 Å². The van der Waals surface area contributed by atoms with Gasteiger partial charge in [0, 0.05) is 44.7 Å². The van der Waals surface area contributed by atoms with Crippen molar-refractivity contribution in [1.82, 2.24) is 14.7 Å². The zero-order chi connectivity index (χ0) is 23.4. The van der Waals surface area contributed by atoms with Gasteiger partial charge in [-0.05, 0) is 37.1 Å². The fraction of sp³-hybridized carbons (Fsp3) is 0.423. The van der Waals surface area contributed by atoms with Crippen LogP contribution in [0.5, 0.6) is 5.75 Å². The molecule has 0 aromatic heterocycles. The molecule has 0 saturated carbocycles. The van der Waals surface area contributed by atoms with E-state index >= 15 is 0 Å². The molecule has 33 heavy (non-hydrogen) atoms. The van der Waals surface area contributed by atoms with E-state index in [0.29, 0.717) is 50.5 Å². The van der Waals surface area contributed by atoms with E-state index in [1.54, 1.807) is 30.2 Å². The lowest BCUT2D eigenvalue weighted by Gasteiger charge is -2.27. The molecule has 3 amide bonds. The molecule has 0 radical (unpaired) electrons. The maximum absolute atomic E-state index is 13.3. The van der Waals surface area contributed by atoms with Crippen LogP contribution in [-0.4, -0.2) is 72.3 Å². The van der Waals surface area contributed by atoms with Crippen molar-refractivity contribution in [3.63, 3.8) is 0 Å². The summed E-state index contributed by atoms with van der Waals surface area (Å²) in [5.74, 6) is 0.301. The SMILES string of the molecule is COc1cccc(C(=O)N2CCCN(C(=O)C3CC(=O)N(C(C)c4ccccc4)C3)CC2)c1. The van der Waals surface area contributed by atoms with Crippen LogP contribution in [0.1, 0.15) is 41.7 Å². The monoisotopic (exact) mass is 449 g/mol. The number of carbonyl (C=O) groups is 3. The van der Waals surface area contributed by atoms with Crippen molar-refractivity contribution < 1.29 is 19.1 Å². The van der Waals surface area contributed by atoms with Crippen LogP contribution >= 0.6 is 0 Å². The number of ether oxygens (including phenoxy) is 1. The first-order valence-corrected chi connectivity index (χ1v) is 11.5. The van der Waals surface area contributed by atoms with Crippen molar-refractivity contribution in [2.45, 2.75) is 25.8 Å². The van der Waals surface area contributed by atoms with Crippen molar-refractivity contribution in [3.05, 3.63) is 65.7 Å². The summed E-state index contributed by atoms with van der Waals surface area (Å²) in [5.41, 5.74) is 1.65. The van der Waals surface area contributed by atoms with Gasteiger partial charge in [0.2, 0.25) is 11.8 Å². The number of carbonyl (C=O) groups excluding carboxylic acids is 3. The lowest BCUT2D eigenvalue weighted by Crippen LogP contribution is -2.40. The van der Waals surface area contributed by atoms with E-state index in [0.717, 1.165) is 5.56 Å². The average Bonchev–Trinajstić information content (AvgIpc) is 3.08. The minimum absolute atomic E-state index is 0.0155. The second kappa shape index (κ2) is 10.1. The molecule has 0 spiro atoms. The molecule has 2 saturated heterocycles. The van der Waals surface area contributed by atoms with E-state index in [4.69, 9.17) is 4.74 Å². The summed E-state index contributed by atoms with van der Waals surface area (Å²) in [5, 5.41) is 0. The Hall–Kier alpha value is -3.35. The minimum Gasteiger partial charge on any atom is -0.497 e. The Morgan fingerprint density at radius 2 is 1.70 bits per heavy atom. The Morgan fingerprint density at radius 3 is 2.45 bits per heavy atom. The number of hydrogen-bond acceptors (Lipinski definition) is 4. The molecular weight excluding hydrogens is 418 g/mol. The van der Waals surface area contributed by atoms with E-state index in [9.17, 15) is 14.4 Å². The van der Waals surface area contributed by atoms with Gasteiger partial charge in [0.1, 0.15) is 5.75 Å². The quantitative estimate of drug-likeness (QED) is 0.704. The molecule has 2 aliphatic heterocycles. The summed E-state index contributed by atoms with van der Waals surface area (Å²) in [6.45, 7) is 4.60. The molecule has 2 aromatic rings. The second-order valence-corrected chi connectivity index (χ2v) is 8.74. The van der Waals surface area contributed by atoms with Crippen LogP contribution in [-0.2, 0) is 9.59 Å². The number of methoxy groups -OCH3 is 1. The molecule has 0 bridgehead atoms. The number of rotatable bonds is 5. The van der Waals surface area contributed by atoms with Crippen LogP contribution in [0, 0.1) is 5.92 Å². The van der Waals surface area contributed by atoms with Crippen LogP contribution in [0.25, 0.3) is 0 Å². The predicted octanol–water partition coefficient (Wildman–Crippen LogP) is 2.98. The van der Waals surface area contributed by atoms with E-state index < -0.39 is 0 Å². The molecule has 2 atom stereocenters. The van der Waals surface area contributed by atoms with E-state index in [-0.39, 0.29) is 36.1 Å². The van der Waals surface area contributed by atoms with Crippen molar-refractivity contribution in [3.8, 4) is 5.75 Å². The first-order valence-electron chi connectivity index (χ1n) is 11.5. The number of nitrogens with zero attached hydrogens (tertiary/aromatic N) is 3. The molecule has 2 aromatic carbocycles. The largest absolute Gasteiger partial charge is 0.497 e. The lowest BCUT2D eigenvalue weighted by molar-refractivity contribution is -0.135. The third-order valence-corrected chi connectivity index (χ3v) is 6.67. The molecule has 7 heteroatoms. The highest BCUT2D eigenvalue weighted by molar-refractivity contribution is 5.95. The second-order valence-electron chi connectivity index (χ2n) is 8.74. The molecule has 4 rings (SSSR count). The Balaban J connectivity index is 1.37. The summed E-state index contributed by atoms with van der Waals surface area (Å²) >= 11 is 0. The molecule has 2 unspecified atom stereocenters. The Morgan fingerprint density at radius 1 is 0.970 bits per heavy atom. The minimum atomic E-state index is -0.329. The zero-order valence-corrected chi connectivity index (χ0v) is 19.3. The standard InChI is InChI=1S/C26H31N3O4/c1-19(20-8-4-3-5-9-20)29-18-22(17-24(29)30)26(32)28-13-7-12-27(14-15-28)25(31)21-10-6-11-23(16-21)33-2/h3-6,8-11,16,19,22H,7,12-15,17-18H2,1-2H3. The molecular formula is C26H31N3O4. The van der Waals surface area contributed by atoms with E-state index in [1.807, 2.05) is 53.1 Å². The highest BCUT2D eigenvalue weighted by atomic mass is 16.5. The van der Waals surface area contributed by atoms with Gasteiger partial charge in [0.15, 0.2) is 0 Å². The van der Waals surface area contributed by atoms with Gasteiger partial charge >= 0.3 is 0 Å². The smallest absolute Gasteiger partial charge is 0.254 e. The third-order valence-electron chi connectivity index (χ3n) is 6.67. The molecule has 2 fully saturated rings. The summed E-state index contributed by atoms with van der Waals surface area (Å²) < 4.78 is 5.23. The van der Waals surface area contributed by atoms with Crippen LogP contribution in [0.15, 0.2) is 54.6 Å². The maximum Gasteiger partial charge on any atom is 0.254 e. The Bertz CT molecular complexity index is 1010. The van der Waals surface area contributed by atoms with Gasteiger partial charge in [-0.25, -0.2) is 0 Å². The zero-order valence-electron chi connectivity index (χ0n) is 19.3. The van der Waals surface area contributed by atoms with Gasteiger partial charge in [0.05, 0.1) is 19.1 Å². The third kappa shape index (κ3) is 5.02. The fourth-order valence-corrected chi connectivity index (χ4v) is 4.72. The summed E-state index contributed by atoms with van der Waals surface area (Å²) in [6.07, 6.45) is 0.964. The highest BCUT2D eigenvalue weighted by Gasteiger charge is 2.39. The number of hydrogen-bond donors (Lipinski definition) is 0. The number of amides is 3. The molecule has 2 heterocycles. The summed E-state index contributed by atoms with van der Waals surface area (Å²) in [7, 11) is 1.58. The van der Waals surface area contributed by atoms with Gasteiger partial charge in [-0.1, -0.05) is 36.4 Å². The van der Waals surface area contributed by atoms with Gasteiger partial charge < -0.3 is 19.4 Å². The molecule has 174 valence electrons. The van der Waals surface area contributed by atoms with Gasteiger partial charge in [-0.2, -0.15) is 0 Å². The molecule has 2 aliphatic rings. The topological polar surface area (TPSA) is 70.2 Å². The van der Waals surface area contributed by atoms with E-state index in [1.165, 1.54) is 0 Å². The number of benzene rings is 2. The number of likely N-dealkylation sites (tertiary alicyclic amines) is 1.